The van der Waals surface area contributed by atoms with Crippen LogP contribution >= 0.6 is 0 Å². The van der Waals surface area contributed by atoms with Gasteiger partial charge in [-0.05, 0) is 41.0 Å². The third kappa shape index (κ3) is 1.82. The molecule has 3 heteroatoms. The van der Waals surface area contributed by atoms with Crippen molar-refractivity contribution >= 4 is 10.9 Å². The average Bonchev–Trinajstić information content (AvgIpc) is 2.85. The zero-order valence-electron chi connectivity index (χ0n) is 11.0. The maximum absolute atomic E-state index is 13.4. The Morgan fingerprint density at radius 2 is 1.90 bits per heavy atom. The molecule has 0 aliphatic carbocycles. The van der Waals surface area contributed by atoms with Gasteiger partial charge in [-0.2, -0.15) is 0 Å². The Morgan fingerprint density at radius 3 is 2.80 bits per heavy atom. The lowest BCUT2D eigenvalue weighted by Crippen LogP contribution is -2.22. The minimum Gasteiger partial charge on any atom is -0.358 e. The van der Waals surface area contributed by atoms with Crippen LogP contribution in [0.3, 0.4) is 0 Å². The van der Waals surface area contributed by atoms with Crippen LogP contribution in [-0.4, -0.2) is 11.5 Å². The van der Waals surface area contributed by atoms with Crippen molar-refractivity contribution in [3.05, 3.63) is 59.5 Å². The highest BCUT2D eigenvalue weighted by atomic mass is 19.1. The third-order valence-electron chi connectivity index (χ3n) is 4.01. The van der Waals surface area contributed by atoms with Gasteiger partial charge in [-0.25, -0.2) is 4.39 Å². The Hall–Kier alpha value is -2.13. The first kappa shape index (κ1) is 11.7. The molecule has 3 aromatic rings. The summed E-state index contributed by atoms with van der Waals surface area (Å²) < 4.78 is 13.4. The van der Waals surface area contributed by atoms with Gasteiger partial charge in [-0.15, -0.1) is 0 Å². The molecule has 2 N–H and O–H groups in total. The van der Waals surface area contributed by atoms with Gasteiger partial charge < -0.3 is 10.3 Å². The first-order valence-corrected chi connectivity index (χ1v) is 6.91. The number of rotatable bonds is 1. The van der Waals surface area contributed by atoms with Crippen LogP contribution in [0.15, 0.2) is 42.5 Å². The molecule has 0 atom stereocenters. The molecule has 0 saturated heterocycles. The Morgan fingerprint density at radius 1 is 1.00 bits per heavy atom. The maximum Gasteiger partial charge on any atom is 0.123 e. The molecule has 100 valence electrons. The van der Waals surface area contributed by atoms with Crippen LogP contribution in [0.5, 0.6) is 0 Å². The van der Waals surface area contributed by atoms with Crippen LogP contribution in [0.2, 0.25) is 0 Å². The summed E-state index contributed by atoms with van der Waals surface area (Å²) in [4.78, 5) is 3.49. The van der Waals surface area contributed by atoms with Crippen LogP contribution < -0.4 is 5.32 Å². The minimum atomic E-state index is -0.194. The zero-order valence-corrected chi connectivity index (χ0v) is 11.0. The molecular weight excluding hydrogens is 251 g/mol. The van der Waals surface area contributed by atoms with E-state index in [1.165, 1.54) is 28.2 Å². The number of hydrogen-bond acceptors (Lipinski definition) is 1. The van der Waals surface area contributed by atoms with E-state index in [1.807, 2.05) is 12.1 Å². The van der Waals surface area contributed by atoms with E-state index in [-0.39, 0.29) is 5.82 Å². The number of nitrogens with one attached hydrogen (secondary N) is 2. The van der Waals surface area contributed by atoms with Gasteiger partial charge >= 0.3 is 0 Å². The van der Waals surface area contributed by atoms with Gasteiger partial charge in [0.2, 0.25) is 0 Å². The number of aromatic nitrogens is 1. The predicted molar refractivity (Wildman–Crippen MR) is 79.1 cm³/mol. The van der Waals surface area contributed by atoms with Crippen LogP contribution in [0.1, 0.15) is 11.3 Å². The van der Waals surface area contributed by atoms with Gasteiger partial charge in [-0.3, -0.25) is 0 Å². The number of H-pyrrole nitrogens is 1. The summed E-state index contributed by atoms with van der Waals surface area (Å²) in [6.45, 7) is 1.93. The monoisotopic (exact) mass is 266 g/mol. The Bertz CT molecular complexity index is 789. The van der Waals surface area contributed by atoms with Gasteiger partial charge in [0.1, 0.15) is 5.82 Å². The van der Waals surface area contributed by atoms with E-state index >= 15 is 0 Å². The molecule has 0 saturated carbocycles. The lowest BCUT2D eigenvalue weighted by molar-refractivity contribution is 0.628. The zero-order chi connectivity index (χ0) is 13.5. The topological polar surface area (TPSA) is 27.8 Å². The summed E-state index contributed by atoms with van der Waals surface area (Å²) in [6, 6.07) is 13.1. The molecule has 1 aliphatic rings. The molecule has 0 spiro atoms. The van der Waals surface area contributed by atoms with E-state index in [4.69, 9.17) is 0 Å². The van der Waals surface area contributed by atoms with Crippen molar-refractivity contribution in [2.24, 2.45) is 0 Å². The SMILES string of the molecule is Fc1cccc(-c2ccc3[nH]c4c(c3c2)CNCC4)c1. The fraction of sp³-hybridized carbons (Fsp3) is 0.176. The molecule has 0 unspecified atom stereocenters. The van der Waals surface area contributed by atoms with E-state index in [9.17, 15) is 4.39 Å². The number of halogens is 1. The molecule has 0 fully saturated rings. The molecule has 4 rings (SSSR count). The largest absolute Gasteiger partial charge is 0.358 e. The summed E-state index contributed by atoms with van der Waals surface area (Å²) in [5.41, 5.74) is 5.83. The second-order valence-corrected chi connectivity index (χ2v) is 5.28. The second-order valence-electron chi connectivity index (χ2n) is 5.28. The molecule has 2 heterocycles. The second kappa shape index (κ2) is 4.46. The van der Waals surface area contributed by atoms with Crippen molar-refractivity contribution in [2.45, 2.75) is 13.0 Å². The first-order chi connectivity index (χ1) is 9.81. The first-order valence-electron chi connectivity index (χ1n) is 6.91. The van der Waals surface area contributed by atoms with Crippen molar-refractivity contribution in [1.82, 2.24) is 10.3 Å². The number of hydrogen-bond donors (Lipinski definition) is 2. The number of benzene rings is 2. The Balaban J connectivity index is 1.90. The predicted octanol–water partition coefficient (Wildman–Crippen LogP) is 3.62. The highest BCUT2D eigenvalue weighted by molar-refractivity contribution is 5.89. The molecule has 0 amide bonds. The molecule has 0 bridgehead atoms. The van der Waals surface area contributed by atoms with E-state index in [2.05, 4.69) is 22.4 Å². The molecule has 2 aromatic carbocycles. The lowest BCUT2D eigenvalue weighted by atomic mass is 10.0. The van der Waals surface area contributed by atoms with Crippen molar-refractivity contribution in [3.8, 4) is 11.1 Å². The Labute approximate surface area is 116 Å². The van der Waals surface area contributed by atoms with Crippen molar-refractivity contribution in [1.29, 1.82) is 0 Å². The van der Waals surface area contributed by atoms with Crippen LogP contribution in [0, 0.1) is 5.82 Å². The standard InChI is InChI=1S/C17H15FN2/c18-13-3-1-2-11(8-13)12-4-5-16-14(9-12)15-10-19-7-6-17(15)20-16/h1-5,8-9,19-20H,6-7,10H2. The quantitative estimate of drug-likeness (QED) is 0.691. The highest BCUT2D eigenvalue weighted by Crippen LogP contribution is 2.29. The van der Waals surface area contributed by atoms with E-state index in [0.717, 1.165) is 30.6 Å². The van der Waals surface area contributed by atoms with Crippen LogP contribution in [0.25, 0.3) is 22.0 Å². The molecule has 1 aromatic heterocycles. The molecule has 2 nitrogen and oxygen atoms in total. The van der Waals surface area contributed by atoms with Crippen LogP contribution in [0.4, 0.5) is 4.39 Å². The molecule has 1 aliphatic heterocycles. The van der Waals surface area contributed by atoms with Crippen molar-refractivity contribution in [3.63, 3.8) is 0 Å². The number of aromatic amines is 1. The summed E-state index contributed by atoms with van der Waals surface area (Å²) in [5, 5.41) is 4.65. The molecule has 0 radical (unpaired) electrons. The average molecular weight is 266 g/mol. The smallest absolute Gasteiger partial charge is 0.123 e. The lowest BCUT2D eigenvalue weighted by Gasteiger charge is -2.12. The van der Waals surface area contributed by atoms with Gasteiger partial charge in [0.05, 0.1) is 0 Å². The van der Waals surface area contributed by atoms with Gasteiger partial charge in [0, 0.05) is 36.1 Å². The fourth-order valence-electron chi connectivity index (χ4n) is 2.99. The fourth-order valence-corrected chi connectivity index (χ4v) is 2.99. The summed E-state index contributed by atoms with van der Waals surface area (Å²) >= 11 is 0. The molecular formula is C17H15FN2. The maximum atomic E-state index is 13.4. The Kier molecular flexibility index (Phi) is 2.60. The third-order valence-corrected chi connectivity index (χ3v) is 4.01. The number of fused-ring (bicyclic) bond motifs is 3. The summed E-state index contributed by atoms with van der Waals surface area (Å²) in [5.74, 6) is -0.194. The van der Waals surface area contributed by atoms with Gasteiger partial charge in [0.15, 0.2) is 0 Å². The van der Waals surface area contributed by atoms with Crippen LogP contribution in [-0.2, 0) is 13.0 Å². The van der Waals surface area contributed by atoms with Gasteiger partial charge in [-0.1, -0.05) is 18.2 Å². The van der Waals surface area contributed by atoms with Gasteiger partial charge in [0.25, 0.3) is 0 Å². The minimum absolute atomic E-state index is 0.194. The van der Waals surface area contributed by atoms with Crippen molar-refractivity contribution < 1.29 is 4.39 Å². The van der Waals surface area contributed by atoms with E-state index in [0.29, 0.717) is 0 Å². The van der Waals surface area contributed by atoms with E-state index < -0.39 is 0 Å². The van der Waals surface area contributed by atoms with E-state index in [1.54, 1.807) is 12.1 Å². The molecule has 20 heavy (non-hydrogen) atoms. The normalized spacial score (nSPS) is 14.4. The highest BCUT2D eigenvalue weighted by Gasteiger charge is 2.15. The van der Waals surface area contributed by atoms with Crippen molar-refractivity contribution in [2.75, 3.05) is 6.54 Å². The summed E-state index contributed by atoms with van der Waals surface area (Å²) in [6.07, 6.45) is 1.04. The summed E-state index contributed by atoms with van der Waals surface area (Å²) in [7, 11) is 0.